The second-order valence-electron chi connectivity index (χ2n) is 4.78. The van der Waals surface area contributed by atoms with E-state index < -0.39 is 15.9 Å². The van der Waals surface area contributed by atoms with Crippen LogP contribution in [-0.2, 0) is 22.7 Å². The van der Waals surface area contributed by atoms with Crippen LogP contribution in [0.25, 0.3) is 0 Å². The minimum atomic E-state index is -3.18. The molecule has 0 spiro atoms. The van der Waals surface area contributed by atoms with Gasteiger partial charge in [-0.1, -0.05) is 19.1 Å². The normalized spacial score (nSPS) is 13.3. The highest BCUT2D eigenvalue weighted by atomic mass is 32.2. The van der Waals surface area contributed by atoms with Crippen LogP contribution in [0.1, 0.15) is 28.3 Å². The lowest BCUT2D eigenvalue weighted by atomic mass is 10.1. The molecule has 0 aliphatic rings. The van der Waals surface area contributed by atoms with Gasteiger partial charge in [0.05, 0.1) is 11.0 Å². The number of aryl methyl sites for hydroxylation is 1. The SMILES string of the molecule is CCc1ccc(CC(O)c2ccc(S(C)(=O)=O)cc2)s1. The first-order valence-electron chi connectivity index (χ1n) is 6.46. The van der Waals surface area contributed by atoms with Crippen molar-refractivity contribution in [2.24, 2.45) is 0 Å². The smallest absolute Gasteiger partial charge is 0.175 e. The summed E-state index contributed by atoms with van der Waals surface area (Å²) >= 11 is 1.71. The van der Waals surface area contributed by atoms with Gasteiger partial charge in [-0.2, -0.15) is 0 Å². The molecule has 2 aromatic rings. The highest BCUT2D eigenvalue weighted by Gasteiger charge is 2.12. The molecule has 0 saturated carbocycles. The molecule has 108 valence electrons. The molecule has 1 aromatic heterocycles. The van der Waals surface area contributed by atoms with Crippen molar-refractivity contribution in [2.45, 2.75) is 30.8 Å². The zero-order chi connectivity index (χ0) is 14.8. The first kappa shape index (κ1) is 15.2. The number of aliphatic hydroxyl groups excluding tert-OH is 1. The predicted molar refractivity (Wildman–Crippen MR) is 81.9 cm³/mol. The predicted octanol–water partition coefficient (Wildman–Crippen LogP) is 2.99. The van der Waals surface area contributed by atoms with Crippen molar-refractivity contribution in [2.75, 3.05) is 6.26 Å². The molecule has 1 unspecified atom stereocenters. The van der Waals surface area contributed by atoms with Gasteiger partial charge in [0.1, 0.15) is 0 Å². The third-order valence-electron chi connectivity index (χ3n) is 3.15. The number of aliphatic hydroxyl groups is 1. The zero-order valence-electron chi connectivity index (χ0n) is 11.5. The third kappa shape index (κ3) is 3.69. The number of sulfone groups is 1. The fourth-order valence-electron chi connectivity index (χ4n) is 1.97. The minimum Gasteiger partial charge on any atom is -0.388 e. The Balaban J connectivity index is 2.11. The molecular formula is C15H18O3S2. The summed E-state index contributed by atoms with van der Waals surface area (Å²) in [6, 6.07) is 10.6. The molecule has 1 atom stereocenters. The van der Waals surface area contributed by atoms with E-state index in [1.165, 1.54) is 11.1 Å². The van der Waals surface area contributed by atoms with Crippen LogP contribution in [0.3, 0.4) is 0 Å². The second kappa shape index (κ2) is 6.08. The van der Waals surface area contributed by atoms with Crippen LogP contribution < -0.4 is 0 Å². The zero-order valence-corrected chi connectivity index (χ0v) is 13.2. The van der Waals surface area contributed by atoms with E-state index in [1.54, 1.807) is 35.6 Å². The van der Waals surface area contributed by atoms with Crippen LogP contribution in [0.5, 0.6) is 0 Å². The standard InChI is InChI=1S/C15H18O3S2/c1-3-12-6-7-13(19-12)10-15(16)11-4-8-14(9-5-11)20(2,17)18/h4-9,15-16H,3,10H2,1-2H3. The van der Waals surface area contributed by atoms with E-state index in [-0.39, 0.29) is 4.90 Å². The number of benzene rings is 1. The average Bonchev–Trinajstić information content (AvgIpc) is 2.85. The van der Waals surface area contributed by atoms with Crippen molar-refractivity contribution < 1.29 is 13.5 Å². The van der Waals surface area contributed by atoms with Crippen molar-refractivity contribution >= 4 is 21.2 Å². The fraction of sp³-hybridized carbons (Fsp3) is 0.333. The van der Waals surface area contributed by atoms with Crippen LogP contribution in [-0.4, -0.2) is 19.8 Å². The summed E-state index contributed by atoms with van der Waals surface area (Å²) < 4.78 is 22.8. The molecule has 0 aliphatic carbocycles. The summed E-state index contributed by atoms with van der Waals surface area (Å²) in [6.45, 7) is 2.11. The van der Waals surface area contributed by atoms with Crippen molar-refractivity contribution in [3.8, 4) is 0 Å². The molecule has 3 nitrogen and oxygen atoms in total. The topological polar surface area (TPSA) is 54.4 Å². The van der Waals surface area contributed by atoms with Gasteiger partial charge >= 0.3 is 0 Å². The molecule has 20 heavy (non-hydrogen) atoms. The van der Waals surface area contributed by atoms with Crippen LogP contribution in [0.2, 0.25) is 0 Å². The van der Waals surface area contributed by atoms with Gasteiger partial charge in [-0.15, -0.1) is 11.3 Å². The van der Waals surface area contributed by atoms with Gasteiger partial charge in [-0.25, -0.2) is 8.42 Å². The van der Waals surface area contributed by atoms with Gasteiger partial charge in [-0.3, -0.25) is 0 Å². The monoisotopic (exact) mass is 310 g/mol. The summed E-state index contributed by atoms with van der Waals surface area (Å²) in [5.41, 5.74) is 0.740. The Labute approximate surface area is 123 Å². The highest BCUT2D eigenvalue weighted by molar-refractivity contribution is 7.90. The highest BCUT2D eigenvalue weighted by Crippen LogP contribution is 2.25. The molecule has 2 rings (SSSR count). The lowest BCUT2D eigenvalue weighted by molar-refractivity contribution is 0.179. The molecular weight excluding hydrogens is 292 g/mol. The van der Waals surface area contributed by atoms with Crippen molar-refractivity contribution in [1.82, 2.24) is 0 Å². The second-order valence-corrected chi connectivity index (χ2v) is 8.05. The first-order valence-corrected chi connectivity index (χ1v) is 9.16. The summed E-state index contributed by atoms with van der Waals surface area (Å²) in [5.74, 6) is 0. The summed E-state index contributed by atoms with van der Waals surface area (Å²) in [4.78, 5) is 2.72. The van der Waals surface area contributed by atoms with E-state index in [0.29, 0.717) is 6.42 Å². The van der Waals surface area contributed by atoms with E-state index in [1.807, 2.05) is 6.07 Å². The molecule has 5 heteroatoms. The molecule has 1 aromatic carbocycles. The van der Waals surface area contributed by atoms with Crippen LogP contribution in [0.4, 0.5) is 0 Å². The molecule has 1 N–H and O–H groups in total. The van der Waals surface area contributed by atoms with Crippen LogP contribution in [0.15, 0.2) is 41.3 Å². The van der Waals surface area contributed by atoms with Crippen molar-refractivity contribution in [3.63, 3.8) is 0 Å². The number of thiophene rings is 1. The Morgan fingerprint density at radius 2 is 1.70 bits per heavy atom. The molecule has 0 radical (unpaired) electrons. The molecule has 0 bridgehead atoms. The Hall–Kier alpha value is -1.17. The Morgan fingerprint density at radius 3 is 2.20 bits per heavy atom. The molecule has 0 fully saturated rings. The van der Waals surface area contributed by atoms with Gasteiger partial charge in [0, 0.05) is 22.4 Å². The average molecular weight is 310 g/mol. The quantitative estimate of drug-likeness (QED) is 0.923. The maximum atomic E-state index is 11.4. The molecule has 1 heterocycles. The van der Waals surface area contributed by atoms with Gasteiger partial charge in [-0.05, 0) is 36.2 Å². The van der Waals surface area contributed by atoms with Gasteiger partial charge in [0.15, 0.2) is 9.84 Å². The lowest BCUT2D eigenvalue weighted by Crippen LogP contribution is -2.02. The maximum Gasteiger partial charge on any atom is 0.175 e. The molecule has 0 amide bonds. The van der Waals surface area contributed by atoms with E-state index in [4.69, 9.17) is 0 Å². The van der Waals surface area contributed by atoms with E-state index in [2.05, 4.69) is 13.0 Å². The maximum absolute atomic E-state index is 11.4. The van der Waals surface area contributed by atoms with E-state index in [9.17, 15) is 13.5 Å². The van der Waals surface area contributed by atoms with Gasteiger partial charge in [0.2, 0.25) is 0 Å². The lowest BCUT2D eigenvalue weighted by Gasteiger charge is -2.10. The largest absolute Gasteiger partial charge is 0.388 e. The fourth-order valence-corrected chi connectivity index (χ4v) is 3.59. The summed E-state index contributed by atoms with van der Waals surface area (Å²) in [5, 5.41) is 10.2. The third-order valence-corrected chi connectivity index (χ3v) is 5.53. The van der Waals surface area contributed by atoms with E-state index in [0.717, 1.165) is 16.9 Å². The van der Waals surface area contributed by atoms with E-state index >= 15 is 0 Å². The van der Waals surface area contributed by atoms with Crippen molar-refractivity contribution in [3.05, 3.63) is 51.7 Å². The number of hydrogen-bond donors (Lipinski definition) is 1. The van der Waals surface area contributed by atoms with Gasteiger partial charge in [0.25, 0.3) is 0 Å². The van der Waals surface area contributed by atoms with Crippen molar-refractivity contribution in [1.29, 1.82) is 0 Å². The van der Waals surface area contributed by atoms with Crippen LogP contribution in [0, 0.1) is 0 Å². The molecule has 0 aliphatic heterocycles. The Morgan fingerprint density at radius 1 is 1.10 bits per heavy atom. The minimum absolute atomic E-state index is 0.276. The Kier molecular flexibility index (Phi) is 4.62. The number of hydrogen-bond acceptors (Lipinski definition) is 4. The summed E-state index contributed by atoms with van der Waals surface area (Å²) in [7, 11) is -3.18. The summed E-state index contributed by atoms with van der Waals surface area (Å²) in [6.07, 6.45) is 2.13. The molecule has 0 saturated heterocycles. The first-order chi connectivity index (χ1) is 9.40. The Bertz CT molecular complexity index is 669. The van der Waals surface area contributed by atoms with Gasteiger partial charge < -0.3 is 5.11 Å². The number of rotatable bonds is 5. The van der Waals surface area contributed by atoms with Crippen LogP contribution >= 0.6 is 11.3 Å².